The minimum Gasteiger partial charge on any atom is -0.504 e. The molecule has 20 heavy (non-hydrogen) atoms. The van der Waals surface area contributed by atoms with Gasteiger partial charge in [0.15, 0.2) is 11.5 Å². The zero-order chi connectivity index (χ0) is 15.5. The monoisotopic (exact) mass is 279 g/mol. The van der Waals surface area contributed by atoms with Crippen LogP contribution in [-0.4, -0.2) is 18.1 Å². The van der Waals surface area contributed by atoms with Crippen molar-refractivity contribution < 1.29 is 14.6 Å². The van der Waals surface area contributed by atoms with Crippen LogP contribution in [-0.2, 0) is 11.2 Å². The Morgan fingerprint density at radius 3 is 2.25 bits per heavy atom. The van der Waals surface area contributed by atoms with Crippen LogP contribution in [0.3, 0.4) is 0 Å². The van der Waals surface area contributed by atoms with Crippen LogP contribution < -0.4 is 10.5 Å². The van der Waals surface area contributed by atoms with Crippen molar-refractivity contribution in [3.63, 3.8) is 0 Å². The SMILES string of the molecule is COc1cc(CC(C(N)=O)(C(C)C)C(C)C)ccc1O. The number of rotatable bonds is 6. The van der Waals surface area contributed by atoms with Gasteiger partial charge in [0.1, 0.15) is 0 Å². The van der Waals surface area contributed by atoms with Gasteiger partial charge in [-0.05, 0) is 36.0 Å². The molecule has 0 bridgehead atoms. The van der Waals surface area contributed by atoms with Crippen molar-refractivity contribution in [2.75, 3.05) is 7.11 Å². The van der Waals surface area contributed by atoms with Gasteiger partial charge in [0.25, 0.3) is 0 Å². The van der Waals surface area contributed by atoms with Crippen LogP contribution in [0.5, 0.6) is 11.5 Å². The molecule has 3 N–H and O–H groups in total. The highest BCUT2D eigenvalue weighted by Gasteiger charge is 2.42. The minimum absolute atomic E-state index is 0.0926. The molecule has 0 fully saturated rings. The first-order valence-corrected chi connectivity index (χ1v) is 6.91. The molecule has 0 aliphatic carbocycles. The number of hydrogen-bond acceptors (Lipinski definition) is 3. The van der Waals surface area contributed by atoms with Gasteiger partial charge in [-0.3, -0.25) is 4.79 Å². The standard InChI is InChI=1S/C16H25NO3/c1-10(2)16(11(3)4,15(17)19)9-12-6-7-13(18)14(8-12)20-5/h6-8,10-11,18H,9H2,1-5H3,(H2,17,19). The topological polar surface area (TPSA) is 72.5 Å². The molecule has 0 aliphatic rings. The number of aromatic hydroxyl groups is 1. The molecule has 4 nitrogen and oxygen atoms in total. The summed E-state index contributed by atoms with van der Waals surface area (Å²) in [6.45, 7) is 8.07. The Balaban J connectivity index is 3.23. The zero-order valence-electron chi connectivity index (χ0n) is 12.9. The molecular weight excluding hydrogens is 254 g/mol. The van der Waals surface area contributed by atoms with Crippen LogP contribution in [0.15, 0.2) is 18.2 Å². The molecule has 0 heterocycles. The summed E-state index contributed by atoms with van der Waals surface area (Å²) >= 11 is 0. The number of nitrogens with two attached hydrogens (primary N) is 1. The molecule has 0 saturated heterocycles. The highest BCUT2D eigenvalue weighted by atomic mass is 16.5. The summed E-state index contributed by atoms with van der Waals surface area (Å²) in [6, 6.07) is 5.15. The van der Waals surface area contributed by atoms with Gasteiger partial charge in [0.05, 0.1) is 12.5 Å². The molecule has 0 aromatic heterocycles. The lowest BCUT2D eigenvalue weighted by atomic mass is 9.65. The molecule has 0 radical (unpaired) electrons. The van der Waals surface area contributed by atoms with Gasteiger partial charge in [-0.15, -0.1) is 0 Å². The number of carbonyl (C=O) groups is 1. The fraction of sp³-hybridized carbons (Fsp3) is 0.562. The molecule has 112 valence electrons. The van der Waals surface area contributed by atoms with E-state index in [-0.39, 0.29) is 23.5 Å². The molecule has 1 aromatic rings. The molecule has 0 atom stereocenters. The number of methoxy groups -OCH3 is 1. The third kappa shape index (κ3) is 2.89. The molecular formula is C16H25NO3. The average Bonchev–Trinajstić information content (AvgIpc) is 2.36. The predicted octanol–water partition coefficient (Wildman–Crippen LogP) is 2.73. The van der Waals surface area contributed by atoms with Crippen molar-refractivity contribution in [2.24, 2.45) is 23.0 Å². The van der Waals surface area contributed by atoms with Gasteiger partial charge in [-0.2, -0.15) is 0 Å². The van der Waals surface area contributed by atoms with E-state index < -0.39 is 5.41 Å². The zero-order valence-corrected chi connectivity index (χ0v) is 12.9. The van der Waals surface area contributed by atoms with E-state index in [2.05, 4.69) is 0 Å². The van der Waals surface area contributed by atoms with Gasteiger partial charge in [-0.1, -0.05) is 33.8 Å². The van der Waals surface area contributed by atoms with Crippen molar-refractivity contribution in [2.45, 2.75) is 34.1 Å². The van der Waals surface area contributed by atoms with E-state index in [1.54, 1.807) is 18.2 Å². The average molecular weight is 279 g/mol. The first-order chi connectivity index (χ1) is 9.25. The molecule has 0 aliphatic heterocycles. The Morgan fingerprint density at radius 1 is 1.30 bits per heavy atom. The smallest absolute Gasteiger partial charge is 0.224 e. The Bertz CT molecular complexity index is 473. The van der Waals surface area contributed by atoms with E-state index in [1.807, 2.05) is 27.7 Å². The van der Waals surface area contributed by atoms with Crippen LogP contribution in [0.1, 0.15) is 33.3 Å². The van der Waals surface area contributed by atoms with Gasteiger partial charge < -0.3 is 15.6 Å². The Morgan fingerprint density at radius 2 is 1.85 bits per heavy atom. The molecule has 1 rings (SSSR count). The maximum Gasteiger partial charge on any atom is 0.224 e. The number of phenolic OH excluding ortho intramolecular Hbond substituents is 1. The second-order valence-electron chi connectivity index (χ2n) is 5.90. The van der Waals surface area contributed by atoms with Crippen molar-refractivity contribution in [1.82, 2.24) is 0 Å². The molecule has 1 amide bonds. The summed E-state index contributed by atoms with van der Waals surface area (Å²) in [7, 11) is 1.51. The van der Waals surface area contributed by atoms with Gasteiger partial charge in [0.2, 0.25) is 5.91 Å². The number of phenols is 1. The predicted molar refractivity (Wildman–Crippen MR) is 79.7 cm³/mol. The number of benzene rings is 1. The van der Waals surface area contributed by atoms with E-state index >= 15 is 0 Å². The first kappa shape index (κ1) is 16.3. The maximum atomic E-state index is 12.1. The number of primary amides is 1. The number of hydrogen-bond donors (Lipinski definition) is 2. The van der Waals surface area contributed by atoms with Crippen LogP contribution in [0.2, 0.25) is 0 Å². The van der Waals surface area contributed by atoms with Crippen molar-refractivity contribution in [3.8, 4) is 11.5 Å². The summed E-state index contributed by atoms with van der Waals surface area (Å²) in [5, 5.41) is 9.64. The summed E-state index contributed by atoms with van der Waals surface area (Å²) < 4.78 is 5.12. The molecule has 1 aromatic carbocycles. The summed E-state index contributed by atoms with van der Waals surface area (Å²) in [5.74, 6) is 0.470. The van der Waals surface area contributed by atoms with Gasteiger partial charge >= 0.3 is 0 Å². The van der Waals surface area contributed by atoms with E-state index in [1.165, 1.54) is 7.11 Å². The highest BCUT2D eigenvalue weighted by molar-refractivity contribution is 5.81. The van der Waals surface area contributed by atoms with Crippen LogP contribution in [0.25, 0.3) is 0 Å². The van der Waals surface area contributed by atoms with Crippen molar-refractivity contribution in [3.05, 3.63) is 23.8 Å². The van der Waals surface area contributed by atoms with Crippen LogP contribution >= 0.6 is 0 Å². The lowest BCUT2D eigenvalue weighted by molar-refractivity contribution is -0.133. The third-order valence-corrected chi connectivity index (χ3v) is 4.26. The fourth-order valence-corrected chi connectivity index (χ4v) is 2.90. The molecule has 4 heteroatoms. The van der Waals surface area contributed by atoms with E-state index in [9.17, 15) is 9.90 Å². The van der Waals surface area contributed by atoms with Crippen molar-refractivity contribution in [1.29, 1.82) is 0 Å². The summed E-state index contributed by atoms with van der Waals surface area (Å²) in [6.07, 6.45) is 0.536. The van der Waals surface area contributed by atoms with Crippen LogP contribution in [0, 0.1) is 17.3 Å². The quantitative estimate of drug-likeness (QED) is 0.841. The lowest BCUT2D eigenvalue weighted by Crippen LogP contribution is -2.47. The maximum absolute atomic E-state index is 12.1. The van der Waals surface area contributed by atoms with Crippen molar-refractivity contribution >= 4 is 5.91 Å². The summed E-state index contributed by atoms with van der Waals surface area (Å²) in [5.41, 5.74) is 6.02. The number of carbonyl (C=O) groups excluding carboxylic acids is 1. The first-order valence-electron chi connectivity index (χ1n) is 6.91. The highest BCUT2D eigenvalue weighted by Crippen LogP contribution is 2.40. The van der Waals surface area contributed by atoms with Gasteiger partial charge in [-0.25, -0.2) is 0 Å². The largest absolute Gasteiger partial charge is 0.504 e. The summed E-state index contributed by atoms with van der Waals surface area (Å²) in [4.78, 5) is 12.1. The molecule has 0 spiro atoms. The lowest BCUT2D eigenvalue weighted by Gasteiger charge is -2.38. The Hall–Kier alpha value is -1.71. The molecule has 0 unspecified atom stereocenters. The third-order valence-electron chi connectivity index (χ3n) is 4.26. The van der Waals surface area contributed by atoms with Gasteiger partial charge in [0, 0.05) is 0 Å². The Labute approximate surface area is 120 Å². The Kier molecular flexibility index (Phi) is 5.03. The number of amides is 1. The number of ether oxygens (including phenoxy) is 1. The second kappa shape index (κ2) is 6.16. The minimum atomic E-state index is -0.609. The van der Waals surface area contributed by atoms with E-state index in [0.717, 1.165) is 5.56 Å². The van der Waals surface area contributed by atoms with Crippen LogP contribution in [0.4, 0.5) is 0 Å². The normalized spacial score (nSPS) is 11.9. The van der Waals surface area contributed by atoms with E-state index in [4.69, 9.17) is 10.5 Å². The van der Waals surface area contributed by atoms with E-state index in [0.29, 0.717) is 12.2 Å². The fourth-order valence-electron chi connectivity index (χ4n) is 2.90. The molecule has 0 saturated carbocycles. The second-order valence-corrected chi connectivity index (χ2v) is 5.90.